The molecule has 0 aliphatic carbocycles. The molecule has 80 valence electrons. The van der Waals surface area contributed by atoms with Crippen LogP contribution in [0.25, 0.3) is 0 Å². The first-order valence-corrected chi connectivity index (χ1v) is 4.83. The Kier molecular flexibility index (Phi) is 2.82. The van der Waals surface area contributed by atoms with Gasteiger partial charge in [0.15, 0.2) is 0 Å². The number of anilines is 2. The summed E-state index contributed by atoms with van der Waals surface area (Å²) >= 11 is 0. The molecule has 0 spiro atoms. The largest absolute Gasteiger partial charge is 0.397 e. The number of para-hydroxylation sites is 1. The number of amides is 1. The van der Waals surface area contributed by atoms with Gasteiger partial charge >= 0.3 is 0 Å². The second-order valence-corrected chi connectivity index (χ2v) is 3.30. The summed E-state index contributed by atoms with van der Waals surface area (Å²) in [5.41, 5.74) is 7.11. The lowest BCUT2D eigenvalue weighted by Gasteiger charge is -2.03. The predicted molar refractivity (Wildman–Crippen MR) is 63.0 cm³/mol. The van der Waals surface area contributed by atoms with Crippen molar-refractivity contribution in [1.29, 1.82) is 0 Å². The first-order chi connectivity index (χ1) is 7.75. The fourth-order valence-corrected chi connectivity index (χ4v) is 1.26. The lowest BCUT2D eigenvalue weighted by Crippen LogP contribution is -2.13. The molecule has 0 radical (unpaired) electrons. The summed E-state index contributed by atoms with van der Waals surface area (Å²) < 4.78 is 0. The van der Waals surface area contributed by atoms with Crippen LogP contribution in [0.1, 0.15) is 10.5 Å². The molecule has 16 heavy (non-hydrogen) atoms. The van der Waals surface area contributed by atoms with Gasteiger partial charge in [0.25, 0.3) is 5.91 Å². The van der Waals surface area contributed by atoms with E-state index in [2.05, 4.69) is 10.3 Å². The minimum absolute atomic E-state index is 0.244. The van der Waals surface area contributed by atoms with Crippen LogP contribution in [0.5, 0.6) is 0 Å². The standard InChI is InChI=1S/C12H11N3O/c13-9-6-7-11(14-8-9)12(16)15-10-4-2-1-3-5-10/h1-8H,13H2,(H,15,16). The highest BCUT2D eigenvalue weighted by Gasteiger charge is 2.06. The van der Waals surface area contributed by atoms with Crippen molar-refractivity contribution in [3.8, 4) is 0 Å². The van der Waals surface area contributed by atoms with Crippen molar-refractivity contribution in [3.63, 3.8) is 0 Å². The fourth-order valence-electron chi connectivity index (χ4n) is 1.26. The van der Waals surface area contributed by atoms with E-state index in [1.807, 2.05) is 30.3 Å². The van der Waals surface area contributed by atoms with E-state index < -0.39 is 0 Å². The Morgan fingerprint density at radius 3 is 2.50 bits per heavy atom. The van der Waals surface area contributed by atoms with E-state index in [-0.39, 0.29) is 5.91 Å². The highest BCUT2D eigenvalue weighted by Crippen LogP contribution is 2.08. The lowest BCUT2D eigenvalue weighted by atomic mass is 10.3. The van der Waals surface area contributed by atoms with Crippen LogP contribution in [0.4, 0.5) is 11.4 Å². The number of carbonyl (C=O) groups is 1. The summed E-state index contributed by atoms with van der Waals surface area (Å²) in [6.07, 6.45) is 1.46. The number of carbonyl (C=O) groups excluding carboxylic acids is 1. The van der Waals surface area contributed by atoms with Crippen LogP contribution in [0.3, 0.4) is 0 Å². The van der Waals surface area contributed by atoms with Crippen molar-refractivity contribution in [1.82, 2.24) is 4.98 Å². The molecule has 0 unspecified atom stereocenters. The molecule has 3 N–H and O–H groups in total. The van der Waals surface area contributed by atoms with E-state index in [9.17, 15) is 4.79 Å². The molecule has 4 heteroatoms. The molecule has 1 aromatic heterocycles. The van der Waals surface area contributed by atoms with Gasteiger partial charge in [0.1, 0.15) is 5.69 Å². The Labute approximate surface area is 93.1 Å². The van der Waals surface area contributed by atoms with Gasteiger partial charge in [-0.15, -0.1) is 0 Å². The fraction of sp³-hybridized carbons (Fsp3) is 0. The third kappa shape index (κ3) is 2.36. The maximum absolute atomic E-state index is 11.7. The van der Waals surface area contributed by atoms with E-state index in [4.69, 9.17) is 5.73 Å². The summed E-state index contributed by atoms with van der Waals surface area (Å²) in [5.74, 6) is -0.244. The van der Waals surface area contributed by atoms with Gasteiger partial charge in [-0.3, -0.25) is 4.79 Å². The van der Waals surface area contributed by atoms with Gasteiger partial charge in [-0.25, -0.2) is 4.98 Å². The number of nitrogen functional groups attached to an aromatic ring is 1. The molecule has 1 aromatic carbocycles. The average Bonchev–Trinajstić information content (AvgIpc) is 2.31. The Balaban J connectivity index is 2.12. The van der Waals surface area contributed by atoms with Gasteiger partial charge < -0.3 is 11.1 Å². The summed E-state index contributed by atoms with van der Waals surface area (Å²) in [6, 6.07) is 12.5. The number of nitrogens with two attached hydrogens (primary N) is 1. The number of rotatable bonds is 2. The summed E-state index contributed by atoms with van der Waals surface area (Å²) in [7, 11) is 0. The molecule has 0 saturated heterocycles. The smallest absolute Gasteiger partial charge is 0.274 e. The minimum Gasteiger partial charge on any atom is -0.397 e. The van der Waals surface area contributed by atoms with Crippen molar-refractivity contribution >= 4 is 17.3 Å². The van der Waals surface area contributed by atoms with Crippen molar-refractivity contribution in [3.05, 3.63) is 54.4 Å². The van der Waals surface area contributed by atoms with Crippen molar-refractivity contribution < 1.29 is 4.79 Å². The zero-order valence-electron chi connectivity index (χ0n) is 8.55. The molecule has 1 amide bonds. The van der Waals surface area contributed by atoms with E-state index >= 15 is 0 Å². The summed E-state index contributed by atoms with van der Waals surface area (Å²) in [6.45, 7) is 0. The molecule has 0 atom stereocenters. The predicted octanol–water partition coefficient (Wildman–Crippen LogP) is 1.92. The Bertz CT molecular complexity index is 479. The van der Waals surface area contributed by atoms with Gasteiger partial charge in [-0.05, 0) is 24.3 Å². The molecule has 2 rings (SSSR count). The second-order valence-electron chi connectivity index (χ2n) is 3.30. The van der Waals surface area contributed by atoms with Gasteiger partial charge in [0.2, 0.25) is 0 Å². The maximum atomic E-state index is 11.7. The van der Waals surface area contributed by atoms with Gasteiger partial charge in [-0.2, -0.15) is 0 Å². The van der Waals surface area contributed by atoms with Crippen LogP contribution in [-0.2, 0) is 0 Å². The van der Waals surface area contributed by atoms with Crippen LogP contribution >= 0.6 is 0 Å². The number of hydrogen-bond acceptors (Lipinski definition) is 3. The average molecular weight is 213 g/mol. The van der Waals surface area contributed by atoms with Crippen molar-refractivity contribution in [2.75, 3.05) is 11.1 Å². The number of hydrogen-bond donors (Lipinski definition) is 2. The maximum Gasteiger partial charge on any atom is 0.274 e. The number of nitrogens with zero attached hydrogens (tertiary/aromatic N) is 1. The Hall–Kier alpha value is -2.36. The molecule has 0 fully saturated rings. The molecular weight excluding hydrogens is 202 g/mol. The molecule has 4 nitrogen and oxygen atoms in total. The van der Waals surface area contributed by atoms with E-state index in [0.717, 1.165) is 5.69 Å². The van der Waals surface area contributed by atoms with Crippen LogP contribution < -0.4 is 11.1 Å². The third-order valence-electron chi connectivity index (χ3n) is 2.05. The minimum atomic E-state index is -0.244. The first-order valence-electron chi connectivity index (χ1n) is 4.83. The lowest BCUT2D eigenvalue weighted by molar-refractivity contribution is 0.102. The van der Waals surface area contributed by atoms with Gasteiger partial charge in [0.05, 0.1) is 11.9 Å². The van der Waals surface area contributed by atoms with E-state index in [1.54, 1.807) is 12.1 Å². The molecule has 0 aliphatic heterocycles. The molecule has 0 saturated carbocycles. The Morgan fingerprint density at radius 2 is 1.88 bits per heavy atom. The zero-order chi connectivity index (χ0) is 11.4. The molecule has 0 aliphatic rings. The SMILES string of the molecule is Nc1ccc(C(=O)Nc2ccccc2)nc1. The van der Waals surface area contributed by atoms with Crippen LogP contribution in [0.15, 0.2) is 48.7 Å². The molecular formula is C12H11N3O. The molecule has 2 aromatic rings. The number of benzene rings is 1. The first kappa shape index (κ1) is 10.2. The summed E-state index contributed by atoms with van der Waals surface area (Å²) in [4.78, 5) is 15.6. The van der Waals surface area contributed by atoms with Crippen LogP contribution in [-0.4, -0.2) is 10.9 Å². The highest BCUT2D eigenvalue weighted by atomic mass is 16.1. The Morgan fingerprint density at radius 1 is 1.12 bits per heavy atom. The number of pyridine rings is 1. The van der Waals surface area contributed by atoms with E-state index in [0.29, 0.717) is 11.4 Å². The quantitative estimate of drug-likeness (QED) is 0.800. The zero-order valence-corrected chi connectivity index (χ0v) is 8.55. The number of nitrogens with one attached hydrogen (secondary N) is 1. The number of aromatic nitrogens is 1. The summed E-state index contributed by atoms with van der Waals surface area (Å²) in [5, 5.41) is 2.74. The highest BCUT2D eigenvalue weighted by molar-refractivity contribution is 6.02. The van der Waals surface area contributed by atoms with E-state index in [1.165, 1.54) is 6.20 Å². The molecule has 0 bridgehead atoms. The third-order valence-corrected chi connectivity index (χ3v) is 2.05. The van der Waals surface area contributed by atoms with Crippen LogP contribution in [0, 0.1) is 0 Å². The van der Waals surface area contributed by atoms with Crippen molar-refractivity contribution in [2.45, 2.75) is 0 Å². The van der Waals surface area contributed by atoms with Gasteiger partial charge in [0, 0.05) is 5.69 Å². The topological polar surface area (TPSA) is 68.0 Å². The second kappa shape index (κ2) is 4.44. The molecule has 1 heterocycles. The monoisotopic (exact) mass is 213 g/mol. The van der Waals surface area contributed by atoms with Crippen molar-refractivity contribution in [2.24, 2.45) is 0 Å². The normalized spacial score (nSPS) is 9.75. The van der Waals surface area contributed by atoms with Crippen LogP contribution in [0.2, 0.25) is 0 Å². The van der Waals surface area contributed by atoms with Gasteiger partial charge in [-0.1, -0.05) is 18.2 Å².